The van der Waals surface area contributed by atoms with Crippen molar-refractivity contribution >= 4 is 11.6 Å². The van der Waals surface area contributed by atoms with Gasteiger partial charge in [0.05, 0.1) is 0 Å². The number of carbonyl (C=O) groups is 1. The summed E-state index contributed by atoms with van der Waals surface area (Å²) in [5, 5.41) is 9.87. The molecule has 4 nitrogen and oxygen atoms in total. The third-order valence-electron chi connectivity index (χ3n) is 3.62. The number of nitrogens with one attached hydrogen (secondary N) is 2. The van der Waals surface area contributed by atoms with Crippen LogP contribution in [-0.4, -0.2) is 16.1 Å². The van der Waals surface area contributed by atoms with Gasteiger partial charge in [-0.05, 0) is 49.9 Å². The van der Waals surface area contributed by atoms with Gasteiger partial charge in [-0.1, -0.05) is 6.42 Å². The standard InChI is InChI=1S/C15H16FN3O/c16-10-6-8-11(9-7-10)17-15(20)14-12-4-2-1-3-5-13(12)18-19-14/h6-9H,1-5H2,(H,17,20)(H,18,19). The minimum Gasteiger partial charge on any atom is -0.321 e. The number of fused-ring (bicyclic) bond motifs is 1. The molecule has 2 N–H and O–H groups in total. The second-order valence-electron chi connectivity index (χ2n) is 5.05. The number of aromatic amines is 1. The third kappa shape index (κ3) is 2.57. The number of aryl methyl sites for hydroxylation is 1. The normalized spacial score (nSPS) is 14.4. The van der Waals surface area contributed by atoms with E-state index in [1.54, 1.807) is 12.1 Å². The van der Waals surface area contributed by atoms with Gasteiger partial charge in [0.2, 0.25) is 0 Å². The van der Waals surface area contributed by atoms with E-state index >= 15 is 0 Å². The van der Waals surface area contributed by atoms with Crippen molar-refractivity contribution in [2.45, 2.75) is 32.1 Å². The van der Waals surface area contributed by atoms with Gasteiger partial charge >= 0.3 is 0 Å². The van der Waals surface area contributed by atoms with Crippen molar-refractivity contribution in [1.82, 2.24) is 10.2 Å². The van der Waals surface area contributed by atoms with Gasteiger partial charge in [-0.15, -0.1) is 0 Å². The molecule has 0 fully saturated rings. The van der Waals surface area contributed by atoms with Crippen LogP contribution in [0.1, 0.15) is 41.0 Å². The highest BCUT2D eigenvalue weighted by Crippen LogP contribution is 2.22. The van der Waals surface area contributed by atoms with Crippen molar-refractivity contribution in [2.24, 2.45) is 0 Å². The van der Waals surface area contributed by atoms with Gasteiger partial charge < -0.3 is 5.32 Å². The van der Waals surface area contributed by atoms with E-state index in [9.17, 15) is 9.18 Å². The number of halogens is 1. The molecule has 0 bridgehead atoms. The Kier molecular flexibility index (Phi) is 3.50. The summed E-state index contributed by atoms with van der Waals surface area (Å²) < 4.78 is 12.8. The maximum atomic E-state index is 12.8. The second kappa shape index (κ2) is 5.45. The fraction of sp³-hybridized carbons (Fsp3) is 0.333. The van der Waals surface area contributed by atoms with E-state index in [4.69, 9.17) is 0 Å². The minimum atomic E-state index is -0.323. The van der Waals surface area contributed by atoms with Crippen LogP contribution in [0, 0.1) is 5.82 Å². The summed E-state index contributed by atoms with van der Waals surface area (Å²) in [6.07, 6.45) is 5.24. The Morgan fingerprint density at radius 2 is 1.90 bits per heavy atom. The number of nitrogens with zero attached hydrogens (tertiary/aromatic N) is 1. The molecule has 0 aliphatic heterocycles. The number of aromatic nitrogens is 2. The Hall–Kier alpha value is -2.17. The molecule has 1 aliphatic carbocycles. The zero-order valence-electron chi connectivity index (χ0n) is 11.1. The molecule has 5 heteroatoms. The van der Waals surface area contributed by atoms with Crippen molar-refractivity contribution in [2.75, 3.05) is 5.32 Å². The molecule has 1 heterocycles. The first-order chi connectivity index (χ1) is 9.74. The van der Waals surface area contributed by atoms with Gasteiger partial charge in [0, 0.05) is 16.9 Å². The Morgan fingerprint density at radius 1 is 1.15 bits per heavy atom. The lowest BCUT2D eigenvalue weighted by Gasteiger charge is -2.05. The van der Waals surface area contributed by atoms with Gasteiger partial charge in [-0.2, -0.15) is 5.10 Å². The van der Waals surface area contributed by atoms with E-state index in [0.29, 0.717) is 11.4 Å². The minimum absolute atomic E-state index is 0.240. The summed E-state index contributed by atoms with van der Waals surface area (Å²) in [5.74, 6) is -0.562. The maximum absolute atomic E-state index is 12.8. The molecule has 1 aromatic heterocycles. The molecule has 1 aliphatic rings. The number of hydrogen-bond acceptors (Lipinski definition) is 2. The molecular formula is C15H16FN3O. The molecule has 0 radical (unpaired) electrons. The predicted octanol–water partition coefficient (Wildman–Crippen LogP) is 3.07. The molecular weight excluding hydrogens is 257 g/mol. The van der Waals surface area contributed by atoms with Crippen LogP contribution in [-0.2, 0) is 12.8 Å². The number of rotatable bonds is 2. The molecule has 0 saturated heterocycles. The van der Waals surface area contributed by atoms with E-state index in [1.807, 2.05) is 0 Å². The maximum Gasteiger partial charge on any atom is 0.276 e. The molecule has 104 valence electrons. The van der Waals surface area contributed by atoms with E-state index in [-0.39, 0.29) is 11.7 Å². The first-order valence-corrected chi connectivity index (χ1v) is 6.87. The number of hydrogen-bond donors (Lipinski definition) is 2. The first-order valence-electron chi connectivity index (χ1n) is 6.87. The van der Waals surface area contributed by atoms with Gasteiger partial charge in [0.1, 0.15) is 5.82 Å². The first kappa shape index (κ1) is 12.8. The van der Waals surface area contributed by atoms with Crippen LogP contribution < -0.4 is 5.32 Å². The van der Waals surface area contributed by atoms with Gasteiger partial charge in [-0.3, -0.25) is 9.89 Å². The van der Waals surface area contributed by atoms with Crippen LogP contribution in [0.25, 0.3) is 0 Å². The largest absolute Gasteiger partial charge is 0.321 e. The van der Waals surface area contributed by atoms with Crippen LogP contribution in [0.4, 0.5) is 10.1 Å². The van der Waals surface area contributed by atoms with Crippen molar-refractivity contribution in [3.05, 3.63) is 47.0 Å². The average molecular weight is 273 g/mol. The topological polar surface area (TPSA) is 57.8 Å². The number of carbonyl (C=O) groups excluding carboxylic acids is 1. The Bertz CT molecular complexity index is 619. The quantitative estimate of drug-likeness (QED) is 0.826. The van der Waals surface area contributed by atoms with Crippen LogP contribution in [0.15, 0.2) is 24.3 Å². The highest BCUT2D eigenvalue weighted by Gasteiger charge is 2.20. The molecule has 1 aromatic carbocycles. The average Bonchev–Trinajstić information content (AvgIpc) is 2.71. The van der Waals surface area contributed by atoms with Crippen LogP contribution >= 0.6 is 0 Å². The van der Waals surface area contributed by atoms with Crippen LogP contribution in [0.2, 0.25) is 0 Å². The Labute approximate surface area is 116 Å². The van der Waals surface area contributed by atoms with E-state index in [1.165, 1.54) is 18.6 Å². The molecule has 0 spiro atoms. The van der Waals surface area contributed by atoms with Crippen molar-refractivity contribution < 1.29 is 9.18 Å². The van der Waals surface area contributed by atoms with Gasteiger partial charge in [0.25, 0.3) is 5.91 Å². The molecule has 20 heavy (non-hydrogen) atoms. The summed E-state index contributed by atoms with van der Waals surface area (Å²) in [4.78, 5) is 12.3. The Balaban J connectivity index is 1.80. The zero-order valence-corrected chi connectivity index (χ0v) is 11.1. The lowest BCUT2D eigenvalue weighted by atomic mass is 10.1. The van der Waals surface area contributed by atoms with Crippen LogP contribution in [0.3, 0.4) is 0 Å². The SMILES string of the molecule is O=C(Nc1ccc(F)cc1)c1n[nH]c2c1CCCCC2. The summed E-state index contributed by atoms with van der Waals surface area (Å²) in [6, 6.07) is 5.72. The number of H-pyrrole nitrogens is 1. The highest BCUT2D eigenvalue weighted by molar-refractivity contribution is 6.04. The van der Waals surface area contributed by atoms with Crippen molar-refractivity contribution in [1.29, 1.82) is 0 Å². The van der Waals surface area contributed by atoms with Crippen molar-refractivity contribution in [3.63, 3.8) is 0 Å². The number of amides is 1. The molecule has 2 aromatic rings. The van der Waals surface area contributed by atoms with E-state index < -0.39 is 0 Å². The molecule has 3 rings (SSSR count). The smallest absolute Gasteiger partial charge is 0.276 e. The van der Waals surface area contributed by atoms with Crippen molar-refractivity contribution in [3.8, 4) is 0 Å². The molecule has 0 saturated carbocycles. The Morgan fingerprint density at radius 3 is 2.70 bits per heavy atom. The molecule has 0 unspecified atom stereocenters. The van der Waals surface area contributed by atoms with E-state index in [2.05, 4.69) is 15.5 Å². The summed E-state index contributed by atoms with van der Waals surface area (Å²) in [7, 11) is 0. The number of anilines is 1. The lowest BCUT2D eigenvalue weighted by molar-refractivity contribution is 0.102. The van der Waals surface area contributed by atoms with Crippen LogP contribution in [0.5, 0.6) is 0 Å². The monoisotopic (exact) mass is 273 g/mol. The summed E-state index contributed by atoms with van der Waals surface area (Å²) >= 11 is 0. The number of benzene rings is 1. The predicted molar refractivity (Wildman–Crippen MR) is 74.2 cm³/mol. The van der Waals surface area contributed by atoms with Gasteiger partial charge in [-0.25, -0.2) is 4.39 Å². The third-order valence-corrected chi connectivity index (χ3v) is 3.62. The van der Waals surface area contributed by atoms with E-state index in [0.717, 1.165) is 36.9 Å². The fourth-order valence-electron chi connectivity index (χ4n) is 2.57. The summed E-state index contributed by atoms with van der Waals surface area (Å²) in [5.41, 5.74) is 3.14. The highest BCUT2D eigenvalue weighted by atomic mass is 19.1. The molecule has 1 amide bonds. The molecule has 0 atom stereocenters. The fourth-order valence-corrected chi connectivity index (χ4v) is 2.57. The lowest BCUT2D eigenvalue weighted by Crippen LogP contribution is -2.14. The second-order valence-corrected chi connectivity index (χ2v) is 5.05. The summed E-state index contributed by atoms with van der Waals surface area (Å²) in [6.45, 7) is 0. The van der Waals surface area contributed by atoms with Gasteiger partial charge in [0.15, 0.2) is 5.69 Å². The zero-order chi connectivity index (χ0) is 13.9.